The number of amides is 4. The molecule has 1 heterocycles. The lowest BCUT2D eigenvalue weighted by Gasteiger charge is -2.27. The fourth-order valence-electron chi connectivity index (χ4n) is 4.16. The molecule has 2 N–H and O–H groups in total. The number of urea groups is 1. The number of anilines is 1. The molecule has 1 aliphatic rings. The number of carbonyl (C=O) groups is 3. The normalized spacial score (nSPS) is 15.1. The molecule has 8 nitrogen and oxygen atoms in total. The number of carbonyl (C=O) groups excluding carboxylic acids is 3. The molecule has 0 unspecified atom stereocenters. The summed E-state index contributed by atoms with van der Waals surface area (Å²) in [4.78, 5) is 40.2. The second-order valence-electron chi connectivity index (χ2n) is 8.58. The van der Waals surface area contributed by atoms with Crippen molar-refractivity contribution in [3.8, 4) is 0 Å². The highest BCUT2D eigenvalue weighted by atomic mass is 32.2. The summed E-state index contributed by atoms with van der Waals surface area (Å²) in [6.45, 7) is -0.501. The number of nitrogens with zero attached hydrogens (tertiary/aromatic N) is 1. The van der Waals surface area contributed by atoms with E-state index in [4.69, 9.17) is 0 Å². The molecule has 4 rings (SSSR count). The molecular formula is C26H25N3O5S. The SMILES string of the molecule is CS(=O)(=O)c1cccc(NC(=O)CN2C(=O)NC(Cc3ccccc3)(Cc3ccccc3)C2=O)c1. The van der Waals surface area contributed by atoms with Crippen LogP contribution in [0.3, 0.4) is 0 Å². The molecule has 0 aromatic heterocycles. The minimum Gasteiger partial charge on any atom is -0.324 e. The van der Waals surface area contributed by atoms with E-state index in [2.05, 4.69) is 10.6 Å². The molecule has 0 aliphatic carbocycles. The minimum absolute atomic E-state index is 0.0510. The van der Waals surface area contributed by atoms with Crippen molar-refractivity contribution >= 4 is 33.4 Å². The van der Waals surface area contributed by atoms with Gasteiger partial charge in [-0.3, -0.25) is 14.5 Å². The van der Waals surface area contributed by atoms with Crippen LogP contribution in [-0.4, -0.2) is 49.5 Å². The van der Waals surface area contributed by atoms with Gasteiger partial charge in [0.05, 0.1) is 4.90 Å². The van der Waals surface area contributed by atoms with Crippen LogP contribution in [0, 0.1) is 0 Å². The molecule has 0 spiro atoms. The van der Waals surface area contributed by atoms with Crippen molar-refractivity contribution in [2.75, 3.05) is 18.1 Å². The predicted molar refractivity (Wildman–Crippen MR) is 131 cm³/mol. The van der Waals surface area contributed by atoms with E-state index < -0.39 is 39.8 Å². The van der Waals surface area contributed by atoms with E-state index in [-0.39, 0.29) is 23.4 Å². The van der Waals surface area contributed by atoms with Gasteiger partial charge in [0.1, 0.15) is 12.1 Å². The van der Waals surface area contributed by atoms with Crippen molar-refractivity contribution in [3.63, 3.8) is 0 Å². The highest BCUT2D eigenvalue weighted by Gasteiger charge is 2.51. The highest BCUT2D eigenvalue weighted by Crippen LogP contribution is 2.27. The Labute approximate surface area is 203 Å². The molecule has 4 amide bonds. The minimum atomic E-state index is -3.46. The van der Waals surface area contributed by atoms with Gasteiger partial charge in [0.2, 0.25) is 5.91 Å². The first-order chi connectivity index (χ1) is 16.7. The van der Waals surface area contributed by atoms with E-state index in [1.54, 1.807) is 0 Å². The third-order valence-corrected chi connectivity index (χ3v) is 6.90. The maximum absolute atomic E-state index is 13.6. The number of sulfone groups is 1. The monoisotopic (exact) mass is 491 g/mol. The van der Waals surface area contributed by atoms with E-state index in [0.29, 0.717) is 0 Å². The number of hydrogen-bond donors (Lipinski definition) is 2. The van der Waals surface area contributed by atoms with Crippen LogP contribution in [0.1, 0.15) is 11.1 Å². The fraction of sp³-hybridized carbons (Fsp3) is 0.192. The fourth-order valence-corrected chi connectivity index (χ4v) is 4.83. The van der Waals surface area contributed by atoms with Gasteiger partial charge < -0.3 is 10.6 Å². The van der Waals surface area contributed by atoms with Gasteiger partial charge in [0.15, 0.2) is 9.84 Å². The average Bonchev–Trinajstić information content (AvgIpc) is 3.04. The topological polar surface area (TPSA) is 113 Å². The molecule has 1 saturated heterocycles. The maximum Gasteiger partial charge on any atom is 0.325 e. The number of nitrogens with one attached hydrogen (secondary N) is 2. The lowest BCUT2D eigenvalue weighted by Crippen LogP contribution is -2.51. The maximum atomic E-state index is 13.6. The van der Waals surface area contributed by atoms with Crippen molar-refractivity contribution in [3.05, 3.63) is 96.1 Å². The van der Waals surface area contributed by atoms with Crippen LogP contribution >= 0.6 is 0 Å². The first-order valence-corrected chi connectivity index (χ1v) is 12.9. The van der Waals surface area contributed by atoms with Gasteiger partial charge >= 0.3 is 6.03 Å². The Morgan fingerprint density at radius 1 is 0.886 bits per heavy atom. The molecule has 180 valence electrons. The molecule has 0 saturated carbocycles. The Morgan fingerprint density at radius 3 is 2.00 bits per heavy atom. The largest absolute Gasteiger partial charge is 0.325 e. The summed E-state index contributed by atoms with van der Waals surface area (Å²) in [5, 5.41) is 5.41. The number of hydrogen-bond acceptors (Lipinski definition) is 5. The van der Waals surface area contributed by atoms with E-state index in [9.17, 15) is 22.8 Å². The Bertz CT molecular complexity index is 1320. The van der Waals surface area contributed by atoms with Gasteiger partial charge in [-0.25, -0.2) is 13.2 Å². The van der Waals surface area contributed by atoms with Crippen LogP contribution in [-0.2, 0) is 32.3 Å². The van der Waals surface area contributed by atoms with E-state index in [1.165, 1.54) is 24.3 Å². The zero-order valence-corrected chi connectivity index (χ0v) is 19.9. The van der Waals surface area contributed by atoms with Crippen molar-refractivity contribution in [2.45, 2.75) is 23.3 Å². The summed E-state index contributed by atoms with van der Waals surface area (Å²) in [5.41, 5.74) is 0.766. The molecule has 3 aromatic rings. The summed E-state index contributed by atoms with van der Waals surface area (Å²) in [5.74, 6) is -1.11. The van der Waals surface area contributed by atoms with Gasteiger partial charge in [-0.15, -0.1) is 0 Å². The molecule has 3 aromatic carbocycles. The molecule has 9 heteroatoms. The molecular weight excluding hydrogens is 466 g/mol. The van der Waals surface area contributed by atoms with Crippen molar-refractivity contribution in [1.29, 1.82) is 0 Å². The average molecular weight is 492 g/mol. The van der Waals surface area contributed by atoms with E-state index in [1.807, 2.05) is 60.7 Å². The predicted octanol–water partition coefficient (Wildman–Crippen LogP) is 2.80. The Kier molecular flexibility index (Phi) is 6.70. The second-order valence-corrected chi connectivity index (χ2v) is 10.6. The third kappa shape index (κ3) is 5.58. The number of imide groups is 1. The summed E-state index contributed by atoms with van der Waals surface area (Å²) in [6, 6.07) is 23.9. The van der Waals surface area contributed by atoms with Crippen LogP contribution in [0.5, 0.6) is 0 Å². The van der Waals surface area contributed by atoms with Crippen LogP contribution < -0.4 is 10.6 Å². The Morgan fingerprint density at radius 2 is 1.46 bits per heavy atom. The molecule has 0 bridgehead atoms. The highest BCUT2D eigenvalue weighted by molar-refractivity contribution is 7.90. The third-order valence-electron chi connectivity index (χ3n) is 5.79. The smallest absolute Gasteiger partial charge is 0.324 e. The van der Waals surface area contributed by atoms with Crippen LogP contribution in [0.2, 0.25) is 0 Å². The number of benzene rings is 3. The van der Waals surface area contributed by atoms with Crippen LogP contribution in [0.25, 0.3) is 0 Å². The van der Waals surface area contributed by atoms with Gasteiger partial charge in [0, 0.05) is 24.8 Å². The summed E-state index contributed by atoms with van der Waals surface area (Å²) in [7, 11) is -3.46. The van der Waals surface area contributed by atoms with Gasteiger partial charge in [-0.05, 0) is 29.3 Å². The standard InChI is InChI=1S/C26H25N3O5S/c1-35(33,34)22-14-8-13-21(15-22)27-23(30)18-29-24(31)26(28-25(29)32,16-19-9-4-2-5-10-19)17-20-11-6-3-7-12-20/h2-15H,16-18H2,1H3,(H,27,30)(H,28,32). The van der Waals surface area contributed by atoms with E-state index >= 15 is 0 Å². The van der Waals surface area contributed by atoms with Gasteiger partial charge in [-0.1, -0.05) is 66.7 Å². The zero-order valence-electron chi connectivity index (χ0n) is 19.1. The van der Waals surface area contributed by atoms with Crippen LogP contribution in [0.15, 0.2) is 89.8 Å². The zero-order chi connectivity index (χ0) is 25.1. The molecule has 0 atom stereocenters. The Hall–Kier alpha value is -3.98. The van der Waals surface area contributed by atoms with Crippen molar-refractivity contribution in [1.82, 2.24) is 10.2 Å². The first-order valence-electron chi connectivity index (χ1n) is 11.0. The Balaban J connectivity index is 1.55. The summed E-state index contributed by atoms with van der Waals surface area (Å²) in [6.07, 6.45) is 1.60. The molecule has 1 aliphatic heterocycles. The lowest BCUT2D eigenvalue weighted by molar-refractivity contribution is -0.133. The second kappa shape index (κ2) is 9.71. The lowest BCUT2D eigenvalue weighted by atomic mass is 9.84. The van der Waals surface area contributed by atoms with Crippen molar-refractivity contribution < 1.29 is 22.8 Å². The molecule has 1 fully saturated rings. The molecule has 0 radical (unpaired) electrons. The quantitative estimate of drug-likeness (QED) is 0.471. The first kappa shape index (κ1) is 24.2. The summed E-state index contributed by atoms with van der Waals surface area (Å²) < 4.78 is 23.6. The number of rotatable bonds is 8. The van der Waals surface area contributed by atoms with Crippen LogP contribution in [0.4, 0.5) is 10.5 Å². The summed E-state index contributed by atoms with van der Waals surface area (Å²) >= 11 is 0. The van der Waals surface area contributed by atoms with Gasteiger partial charge in [-0.2, -0.15) is 0 Å². The molecule has 35 heavy (non-hydrogen) atoms. The van der Waals surface area contributed by atoms with E-state index in [0.717, 1.165) is 22.3 Å². The van der Waals surface area contributed by atoms with Gasteiger partial charge in [0.25, 0.3) is 5.91 Å². The van der Waals surface area contributed by atoms with Crippen molar-refractivity contribution in [2.24, 2.45) is 0 Å².